The van der Waals surface area contributed by atoms with Gasteiger partial charge in [0.2, 0.25) is 0 Å². The van der Waals surface area contributed by atoms with Crippen LogP contribution < -0.4 is 5.32 Å². The van der Waals surface area contributed by atoms with Crippen LogP contribution in [0.5, 0.6) is 0 Å². The first kappa shape index (κ1) is 13.3. The van der Waals surface area contributed by atoms with Gasteiger partial charge in [-0.2, -0.15) is 5.26 Å². The first-order valence-corrected chi connectivity index (χ1v) is 5.39. The summed E-state index contributed by atoms with van der Waals surface area (Å²) >= 11 is 0. The molecule has 2 amide bonds. The molecule has 1 aliphatic rings. The van der Waals surface area contributed by atoms with E-state index in [0.29, 0.717) is 26.1 Å². The molecule has 1 atom stereocenters. The highest BCUT2D eigenvalue weighted by molar-refractivity contribution is 5.74. The maximum absolute atomic E-state index is 11.6. The largest absolute Gasteiger partial charge is 0.481 e. The number of morpholine rings is 1. The van der Waals surface area contributed by atoms with E-state index in [1.165, 1.54) is 4.90 Å². The van der Waals surface area contributed by atoms with Gasteiger partial charge in [-0.3, -0.25) is 4.79 Å². The number of nitrogens with zero attached hydrogens (tertiary/aromatic N) is 2. The number of carbonyl (C=O) groups excluding carboxylic acids is 1. The fraction of sp³-hybridized carbons (Fsp3) is 0.700. The molecule has 17 heavy (non-hydrogen) atoms. The number of ether oxygens (including phenoxy) is 1. The van der Waals surface area contributed by atoms with Crippen molar-refractivity contribution in [3.8, 4) is 6.07 Å². The summed E-state index contributed by atoms with van der Waals surface area (Å²) in [7, 11) is 0. The first-order valence-electron chi connectivity index (χ1n) is 5.39. The molecule has 0 aromatic carbocycles. The fourth-order valence-corrected chi connectivity index (χ4v) is 1.46. The molecule has 7 nitrogen and oxygen atoms in total. The van der Waals surface area contributed by atoms with Gasteiger partial charge in [0.25, 0.3) is 0 Å². The molecule has 1 aliphatic heterocycles. The smallest absolute Gasteiger partial charge is 0.317 e. The molecule has 0 bridgehead atoms. The molecule has 0 spiro atoms. The summed E-state index contributed by atoms with van der Waals surface area (Å²) in [5, 5.41) is 19.7. The van der Waals surface area contributed by atoms with E-state index in [-0.39, 0.29) is 19.0 Å². The van der Waals surface area contributed by atoms with Crippen molar-refractivity contribution in [3.05, 3.63) is 0 Å². The molecule has 94 valence electrons. The Morgan fingerprint density at radius 3 is 3.00 bits per heavy atom. The third-order valence-corrected chi connectivity index (χ3v) is 2.34. The summed E-state index contributed by atoms with van der Waals surface area (Å²) in [6.45, 7) is 1.37. The van der Waals surface area contributed by atoms with Crippen molar-refractivity contribution in [1.29, 1.82) is 5.26 Å². The number of amides is 2. The molecule has 1 unspecified atom stereocenters. The average Bonchev–Trinajstić information content (AvgIpc) is 2.34. The second-order valence-electron chi connectivity index (χ2n) is 3.66. The SMILES string of the molecule is N#CC1CN(C(=O)NCCCC(=O)O)CCO1. The number of nitrogens with one attached hydrogen (secondary N) is 1. The fourth-order valence-electron chi connectivity index (χ4n) is 1.46. The van der Waals surface area contributed by atoms with Crippen molar-refractivity contribution in [1.82, 2.24) is 10.2 Å². The molecule has 0 saturated carbocycles. The Kier molecular flexibility index (Phi) is 5.23. The highest BCUT2D eigenvalue weighted by Crippen LogP contribution is 2.04. The van der Waals surface area contributed by atoms with Gasteiger partial charge in [-0.25, -0.2) is 4.79 Å². The van der Waals surface area contributed by atoms with Crippen molar-refractivity contribution in [2.24, 2.45) is 0 Å². The van der Waals surface area contributed by atoms with Crippen LogP contribution in [-0.4, -0.2) is 54.4 Å². The van der Waals surface area contributed by atoms with Gasteiger partial charge in [-0.05, 0) is 6.42 Å². The Morgan fingerprint density at radius 1 is 1.59 bits per heavy atom. The predicted molar refractivity (Wildman–Crippen MR) is 57.2 cm³/mol. The van der Waals surface area contributed by atoms with Crippen molar-refractivity contribution in [3.63, 3.8) is 0 Å². The molecule has 7 heteroatoms. The van der Waals surface area contributed by atoms with Gasteiger partial charge in [-0.15, -0.1) is 0 Å². The van der Waals surface area contributed by atoms with Gasteiger partial charge in [0.15, 0.2) is 6.10 Å². The zero-order chi connectivity index (χ0) is 12.7. The molecular formula is C10H15N3O4. The first-order chi connectivity index (χ1) is 8.13. The van der Waals surface area contributed by atoms with Crippen LogP contribution in [0.1, 0.15) is 12.8 Å². The summed E-state index contributed by atoms with van der Waals surface area (Å²) in [6, 6.07) is 1.67. The maximum Gasteiger partial charge on any atom is 0.317 e. The Balaban J connectivity index is 2.23. The molecule has 0 aliphatic carbocycles. The van der Waals surface area contributed by atoms with E-state index in [2.05, 4.69) is 5.32 Å². The summed E-state index contributed by atoms with van der Waals surface area (Å²) in [6.07, 6.45) is -0.148. The van der Waals surface area contributed by atoms with Crippen molar-refractivity contribution in [2.45, 2.75) is 18.9 Å². The molecule has 1 rings (SSSR count). The molecule has 0 aromatic rings. The normalized spacial score (nSPS) is 19.5. The number of hydrogen-bond donors (Lipinski definition) is 2. The molecule has 0 aromatic heterocycles. The maximum atomic E-state index is 11.6. The Morgan fingerprint density at radius 2 is 2.35 bits per heavy atom. The molecule has 1 heterocycles. The van der Waals surface area contributed by atoms with E-state index in [4.69, 9.17) is 15.1 Å². The highest BCUT2D eigenvalue weighted by Gasteiger charge is 2.23. The van der Waals surface area contributed by atoms with Crippen LogP contribution in [0.15, 0.2) is 0 Å². The van der Waals surface area contributed by atoms with E-state index in [0.717, 1.165) is 0 Å². The van der Waals surface area contributed by atoms with Crippen LogP contribution in [0.4, 0.5) is 4.79 Å². The van der Waals surface area contributed by atoms with E-state index in [9.17, 15) is 9.59 Å². The molecule has 0 radical (unpaired) electrons. The highest BCUT2D eigenvalue weighted by atomic mass is 16.5. The van der Waals surface area contributed by atoms with E-state index >= 15 is 0 Å². The number of rotatable bonds is 4. The van der Waals surface area contributed by atoms with E-state index in [1.807, 2.05) is 6.07 Å². The van der Waals surface area contributed by atoms with Gasteiger partial charge in [-0.1, -0.05) is 0 Å². The van der Waals surface area contributed by atoms with Crippen LogP contribution in [0.25, 0.3) is 0 Å². The number of hydrogen-bond acceptors (Lipinski definition) is 4. The van der Waals surface area contributed by atoms with E-state index in [1.54, 1.807) is 0 Å². The third-order valence-electron chi connectivity index (χ3n) is 2.34. The summed E-state index contributed by atoms with van der Waals surface area (Å²) in [5.74, 6) is -0.879. The summed E-state index contributed by atoms with van der Waals surface area (Å²) < 4.78 is 5.10. The van der Waals surface area contributed by atoms with Crippen molar-refractivity contribution in [2.75, 3.05) is 26.2 Å². The zero-order valence-corrected chi connectivity index (χ0v) is 9.39. The average molecular weight is 241 g/mol. The van der Waals surface area contributed by atoms with Gasteiger partial charge in [0, 0.05) is 19.5 Å². The number of urea groups is 1. The lowest BCUT2D eigenvalue weighted by Crippen LogP contribution is -2.49. The molecular weight excluding hydrogens is 226 g/mol. The van der Waals surface area contributed by atoms with Crippen LogP contribution in [0.2, 0.25) is 0 Å². The minimum absolute atomic E-state index is 0.0320. The second kappa shape index (κ2) is 6.70. The zero-order valence-electron chi connectivity index (χ0n) is 9.39. The van der Waals surface area contributed by atoms with E-state index < -0.39 is 12.1 Å². The second-order valence-corrected chi connectivity index (χ2v) is 3.66. The topological polar surface area (TPSA) is 103 Å². The Labute approximate surface area is 99.0 Å². The minimum atomic E-state index is -0.879. The lowest BCUT2D eigenvalue weighted by molar-refractivity contribution is -0.137. The van der Waals surface area contributed by atoms with Crippen LogP contribution in [0, 0.1) is 11.3 Å². The number of carboxylic acids is 1. The minimum Gasteiger partial charge on any atom is -0.481 e. The van der Waals surface area contributed by atoms with Crippen molar-refractivity contribution < 1.29 is 19.4 Å². The third kappa shape index (κ3) is 4.70. The molecule has 1 fully saturated rings. The van der Waals surface area contributed by atoms with Crippen LogP contribution >= 0.6 is 0 Å². The van der Waals surface area contributed by atoms with Crippen molar-refractivity contribution >= 4 is 12.0 Å². The number of nitriles is 1. The van der Waals surface area contributed by atoms with Gasteiger partial charge >= 0.3 is 12.0 Å². The van der Waals surface area contributed by atoms with Gasteiger partial charge < -0.3 is 20.1 Å². The van der Waals surface area contributed by atoms with Gasteiger partial charge in [0.1, 0.15) is 0 Å². The number of carboxylic acid groups (broad SMARTS) is 1. The Bertz CT molecular complexity index is 326. The Hall–Kier alpha value is -1.81. The lowest BCUT2D eigenvalue weighted by atomic mass is 10.3. The monoisotopic (exact) mass is 241 g/mol. The molecule has 2 N–H and O–H groups in total. The van der Waals surface area contributed by atoms with Crippen LogP contribution in [0.3, 0.4) is 0 Å². The summed E-state index contributed by atoms with van der Waals surface area (Å²) in [4.78, 5) is 23.4. The van der Waals surface area contributed by atoms with Gasteiger partial charge in [0.05, 0.1) is 19.2 Å². The summed E-state index contributed by atoms with van der Waals surface area (Å²) in [5.41, 5.74) is 0. The molecule has 1 saturated heterocycles. The lowest BCUT2D eigenvalue weighted by Gasteiger charge is -2.29. The predicted octanol–water partition coefficient (Wildman–Crippen LogP) is -0.215. The number of aliphatic carboxylic acids is 1. The quantitative estimate of drug-likeness (QED) is 0.663. The van der Waals surface area contributed by atoms with Crippen LogP contribution in [-0.2, 0) is 9.53 Å². The number of carbonyl (C=O) groups is 2. The standard InChI is InChI=1S/C10H15N3O4/c11-6-8-7-13(4-5-17-8)10(16)12-3-1-2-9(14)15/h8H,1-5,7H2,(H,12,16)(H,14,15).